The molecule has 0 spiro atoms. The fourth-order valence-corrected chi connectivity index (χ4v) is 2.94. The van der Waals surface area contributed by atoms with Gasteiger partial charge in [-0.1, -0.05) is 60.7 Å². The first kappa shape index (κ1) is 19.9. The van der Waals surface area contributed by atoms with Gasteiger partial charge in [-0.05, 0) is 23.3 Å². The van der Waals surface area contributed by atoms with Crippen LogP contribution in [0, 0.1) is 0 Å². The Balaban J connectivity index is 1.81. The highest BCUT2D eigenvalue weighted by molar-refractivity contribution is 6.39. The SMILES string of the molecule is COc1ccc(OC)c(NC(=O)C(=O)NC(c2ccccc2)c2ccccc2)c1. The number of anilines is 1. The van der Waals surface area contributed by atoms with Crippen molar-refractivity contribution in [2.45, 2.75) is 6.04 Å². The summed E-state index contributed by atoms with van der Waals surface area (Å²) in [5, 5.41) is 5.40. The first-order valence-electron chi connectivity index (χ1n) is 9.06. The Kier molecular flexibility index (Phi) is 6.47. The summed E-state index contributed by atoms with van der Waals surface area (Å²) in [6, 6.07) is 23.5. The fraction of sp³-hybridized carbons (Fsp3) is 0.130. The van der Waals surface area contributed by atoms with Crippen molar-refractivity contribution in [3.05, 3.63) is 90.0 Å². The zero-order chi connectivity index (χ0) is 20.6. The normalized spacial score (nSPS) is 10.3. The first-order valence-corrected chi connectivity index (χ1v) is 9.06. The van der Waals surface area contributed by atoms with Crippen molar-refractivity contribution in [1.29, 1.82) is 0 Å². The number of methoxy groups -OCH3 is 2. The van der Waals surface area contributed by atoms with Crippen LogP contribution in [0.15, 0.2) is 78.9 Å². The number of benzene rings is 3. The van der Waals surface area contributed by atoms with Gasteiger partial charge in [-0.15, -0.1) is 0 Å². The molecule has 0 aliphatic carbocycles. The number of carbonyl (C=O) groups is 2. The van der Waals surface area contributed by atoms with Crippen LogP contribution in [0.5, 0.6) is 11.5 Å². The molecule has 148 valence electrons. The number of hydrogen-bond acceptors (Lipinski definition) is 4. The van der Waals surface area contributed by atoms with Gasteiger partial charge in [-0.3, -0.25) is 9.59 Å². The Labute approximate surface area is 169 Å². The Bertz CT molecular complexity index is 935. The van der Waals surface area contributed by atoms with Crippen LogP contribution in [0.4, 0.5) is 5.69 Å². The van der Waals surface area contributed by atoms with Crippen LogP contribution >= 0.6 is 0 Å². The van der Waals surface area contributed by atoms with Crippen LogP contribution in [0.25, 0.3) is 0 Å². The number of carbonyl (C=O) groups excluding carboxylic acids is 2. The van der Waals surface area contributed by atoms with Crippen molar-refractivity contribution < 1.29 is 19.1 Å². The average Bonchev–Trinajstić information content (AvgIpc) is 2.78. The molecule has 2 N–H and O–H groups in total. The van der Waals surface area contributed by atoms with Crippen molar-refractivity contribution in [2.24, 2.45) is 0 Å². The van der Waals surface area contributed by atoms with Gasteiger partial charge < -0.3 is 20.1 Å². The molecule has 6 nitrogen and oxygen atoms in total. The summed E-state index contributed by atoms with van der Waals surface area (Å²) in [7, 11) is 3.00. The predicted octanol–water partition coefficient (Wildman–Crippen LogP) is 3.55. The van der Waals surface area contributed by atoms with Gasteiger partial charge in [-0.2, -0.15) is 0 Å². The molecule has 3 rings (SSSR count). The summed E-state index contributed by atoms with van der Waals surface area (Å²) in [5.74, 6) is -0.594. The Morgan fingerprint density at radius 2 is 1.34 bits per heavy atom. The third kappa shape index (κ3) is 4.93. The second kappa shape index (κ2) is 9.41. The minimum Gasteiger partial charge on any atom is -0.497 e. The van der Waals surface area contributed by atoms with Crippen molar-refractivity contribution in [2.75, 3.05) is 19.5 Å². The monoisotopic (exact) mass is 390 g/mol. The van der Waals surface area contributed by atoms with E-state index in [0.29, 0.717) is 17.2 Å². The molecule has 0 saturated carbocycles. The number of rotatable bonds is 6. The molecule has 2 amide bonds. The minimum absolute atomic E-state index is 0.350. The Hall–Kier alpha value is -3.80. The third-order valence-corrected chi connectivity index (χ3v) is 4.40. The van der Waals surface area contributed by atoms with E-state index >= 15 is 0 Å². The molecule has 3 aromatic carbocycles. The summed E-state index contributed by atoms with van der Waals surface area (Å²) in [6.45, 7) is 0. The van der Waals surface area contributed by atoms with Crippen LogP contribution in [0.1, 0.15) is 17.2 Å². The van der Waals surface area contributed by atoms with Crippen LogP contribution in [-0.4, -0.2) is 26.0 Å². The van der Waals surface area contributed by atoms with Gasteiger partial charge in [0.2, 0.25) is 0 Å². The molecule has 0 fully saturated rings. The summed E-state index contributed by atoms with van der Waals surface area (Å²) in [4.78, 5) is 25.2. The minimum atomic E-state index is -0.798. The van der Waals surface area contributed by atoms with Crippen LogP contribution < -0.4 is 20.1 Å². The van der Waals surface area contributed by atoms with Gasteiger partial charge in [-0.25, -0.2) is 0 Å². The van der Waals surface area contributed by atoms with Crippen LogP contribution in [0.2, 0.25) is 0 Å². The maximum atomic E-state index is 12.7. The summed E-state index contributed by atoms with van der Waals surface area (Å²) in [5.41, 5.74) is 2.10. The topological polar surface area (TPSA) is 76.7 Å². The fourth-order valence-electron chi connectivity index (χ4n) is 2.94. The third-order valence-electron chi connectivity index (χ3n) is 4.40. The maximum absolute atomic E-state index is 12.7. The molecule has 0 aromatic heterocycles. The van der Waals surface area contributed by atoms with E-state index in [0.717, 1.165) is 11.1 Å². The van der Waals surface area contributed by atoms with E-state index in [1.807, 2.05) is 60.7 Å². The highest BCUT2D eigenvalue weighted by Crippen LogP contribution is 2.29. The summed E-state index contributed by atoms with van der Waals surface area (Å²) < 4.78 is 10.4. The number of nitrogens with one attached hydrogen (secondary N) is 2. The van der Waals surface area contributed by atoms with Gasteiger partial charge in [0.15, 0.2) is 0 Å². The van der Waals surface area contributed by atoms with Crippen molar-refractivity contribution in [1.82, 2.24) is 5.32 Å². The lowest BCUT2D eigenvalue weighted by Crippen LogP contribution is -2.38. The van der Waals surface area contributed by atoms with Crippen molar-refractivity contribution in [3.8, 4) is 11.5 Å². The zero-order valence-electron chi connectivity index (χ0n) is 16.2. The first-order chi connectivity index (χ1) is 14.1. The average molecular weight is 390 g/mol. The van der Waals surface area contributed by atoms with E-state index in [2.05, 4.69) is 10.6 Å². The molecule has 0 heterocycles. The van der Waals surface area contributed by atoms with Crippen LogP contribution in [-0.2, 0) is 9.59 Å². The molecule has 6 heteroatoms. The van der Waals surface area contributed by atoms with E-state index in [1.54, 1.807) is 18.2 Å². The number of ether oxygens (including phenoxy) is 2. The van der Waals surface area contributed by atoms with E-state index in [9.17, 15) is 9.59 Å². The number of hydrogen-bond donors (Lipinski definition) is 2. The van der Waals surface area contributed by atoms with Gasteiger partial charge >= 0.3 is 11.8 Å². The van der Waals surface area contributed by atoms with Gasteiger partial charge in [0.05, 0.1) is 25.9 Å². The highest BCUT2D eigenvalue weighted by Gasteiger charge is 2.22. The lowest BCUT2D eigenvalue weighted by Gasteiger charge is -2.20. The van der Waals surface area contributed by atoms with Gasteiger partial charge in [0, 0.05) is 6.07 Å². The van der Waals surface area contributed by atoms with E-state index in [1.165, 1.54) is 14.2 Å². The second-order valence-corrected chi connectivity index (χ2v) is 6.25. The quantitative estimate of drug-likeness (QED) is 0.631. The number of amides is 2. The molecule has 0 atom stereocenters. The predicted molar refractivity (Wildman–Crippen MR) is 111 cm³/mol. The Morgan fingerprint density at radius 1 is 0.759 bits per heavy atom. The molecule has 0 unspecified atom stereocenters. The summed E-state index contributed by atoms with van der Waals surface area (Å²) >= 11 is 0. The molecule has 0 saturated heterocycles. The molecule has 0 radical (unpaired) electrons. The van der Waals surface area contributed by atoms with E-state index < -0.39 is 17.9 Å². The summed E-state index contributed by atoms with van der Waals surface area (Å²) in [6.07, 6.45) is 0. The smallest absolute Gasteiger partial charge is 0.313 e. The lowest BCUT2D eigenvalue weighted by atomic mass is 9.99. The van der Waals surface area contributed by atoms with Gasteiger partial charge in [0.25, 0.3) is 0 Å². The largest absolute Gasteiger partial charge is 0.497 e. The molecule has 0 aliphatic heterocycles. The van der Waals surface area contributed by atoms with E-state index in [4.69, 9.17) is 9.47 Å². The standard InChI is InChI=1S/C23H22N2O4/c1-28-18-13-14-20(29-2)19(15-18)24-22(26)23(27)25-21(16-9-5-3-6-10-16)17-11-7-4-8-12-17/h3-15,21H,1-2H3,(H,24,26)(H,25,27). The Morgan fingerprint density at radius 3 is 1.86 bits per heavy atom. The highest BCUT2D eigenvalue weighted by atomic mass is 16.5. The zero-order valence-corrected chi connectivity index (χ0v) is 16.2. The molecular formula is C23H22N2O4. The molecule has 0 bridgehead atoms. The van der Waals surface area contributed by atoms with E-state index in [-0.39, 0.29) is 0 Å². The van der Waals surface area contributed by atoms with Crippen LogP contribution in [0.3, 0.4) is 0 Å². The van der Waals surface area contributed by atoms with Gasteiger partial charge in [0.1, 0.15) is 11.5 Å². The molecule has 29 heavy (non-hydrogen) atoms. The molecule has 3 aromatic rings. The lowest BCUT2D eigenvalue weighted by molar-refractivity contribution is -0.136. The second-order valence-electron chi connectivity index (χ2n) is 6.25. The maximum Gasteiger partial charge on any atom is 0.313 e. The van der Waals surface area contributed by atoms with Crippen molar-refractivity contribution in [3.63, 3.8) is 0 Å². The van der Waals surface area contributed by atoms with Crippen molar-refractivity contribution >= 4 is 17.5 Å². The molecular weight excluding hydrogens is 368 g/mol. The molecule has 0 aliphatic rings.